The number of halogens is 1. The molecule has 1 atom stereocenters. The van der Waals surface area contributed by atoms with Crippen LogP contribution in [0.3, 0.4) is 0 Å². The molecule has 6 nitrogen and oxygen atoms in total. The van der Waals surface area contributed by atoms with Crippen LogP contribution in [0.2, 0.25) is 5.02 Å². The largest absolute Gasteiger partial charge is 0.383 e. The molecule has 0 radical (unpaired) electrons. The molecule has 130 valence electrons. The number of carbonyl (C=O) groups is 1. The van der Waals surface area contributed by atoms with Gasteiger partial charge in [0, 0.05) is 12.1 Å². The van der Waals surface area contributed by atoms with Crippen LogP contribution in [0, 0.1) is 16.0 Å². The smallest absolute Gasteiger partial charge is 0.270 e. The van der Waals surface area contributed by atoms with E-state index in [2.05, 4.69) is 5.32 Å². The van der Waals surface area contributed by atoms with Crippen molar-refractivity contribution in [3.8, 4) is 0 Å². The maximum Gasteiger partial charge on any atom is 0.270 e. The Labute approximate surface area is 149 Å². The highest BCUT2D eigenvalue weighted by molar-refractivity contribution is 6.34. The fourth-order valence-electron chi connectivity index (χ4n) is 2.88. The normalized spacial score (nSPS) is 16.1. The van der Waals surface area contributed by atoms with Crippen molar-refractivity contribution >= 4 is 23.2 Å². The number of aliphatic hydroxyl groups is 1. The average Bonchev–Trinajstić information content (AvgIpc) is 3.45. The van der Waals surface area contributed by atoms with Crippen molar-refractivity contribution in [3.63, 3.8) is 0 Å². The number of benzene rings is 2. The number of nitrogens with one attached hydrogen (secondary N) is 1. The Morgan fingerprint density at radius 2 is 1.96 bits per heavy atom. The molecule has 0 spiro atoms. The van der Waals surface area contributed by atoms with E-state index in [1.54, 1.807) is 0 Å². The van der Waals surface area contributed by atoms with Gasteiger partial charge < -0.3 is 10.4 Å². The van der Waals surface area contributed by atoms with Crippen molar-refractivity contribution < 1.29 is 14.8 Å². The minimum Gasteiger partial charge on any atom is -0.383 e. The van der Waals surface area contributed by atoms with E-state index in [4.69, 9.17) is 11.6 Å². The lowest BCUT2D eigenvalue weighted by Gasteiger charge is -2.29. The maximum absolute atomic E-state index is 12.4. The molecular formula is C18H17ClN2O4. The summed E-state index contributed by atoms with van der Waals surface area (Å²) in [5, 5.41) is 24.5. The van der Waals surface area contributed by atoms with Crippen LogP contribution < -0.4 is 5.32 Å². The Balaban J connectivity index is 1.76. The first-order chi connectivity index (χ1) is 11.9. The lowest BCUT2D eigenvalue weighted by Crippen LogP contribution is -2.42. The zero-order chi connectivity index (χ0) is 18.0. The quantitative estimate of drug-likeness (QED) is 0.610. The van der Waals surface area contributed by atoms with Gasteiger partial charge in [0.05, 0.1) is 22.1 Å². The van der Waals surface area contributed by atoms with Gasteiger partial charge in [0.2, 0.25) is 0 Å². The number of nitro groups is 1. The molecule has 0 saturated heterocycles. The summed E-state index contributed by atoms with van der Waals surface area (Å²) >= 11 is 5.98. The monoisotopic (exact) mass is 360 g/mol. The number of non-ortho nitro benzene ring substituents is 1. The summed E-state index contributed by atoms with van der Waals surface area (Å²) in [6.45, 7) is 0.0494. The summed E-state index contributed by atoms with van der Waals surface area (Å²) in [5.74, 6) is -0.377. The molecule has 2 aromatic rings. The van der Waals surface area contributed by atoms with Gasteiger partial charge in [0.15, 0.2) is 0 Å². The highest BCUT2D eigenvalue weighted by Gasteiger charge is 2.45. The molecule has 0 aromatic heterocycles. The van der Waals surface area contributed by atoms with E-state index < -0.39 is 16.4 Å². The van der Waals surface area contributed by atoms with Gasteiger partial charge in [-0.25, -0.2) is 0 Å². The molecule has 2 N–H and O–H groups in total. The van der Waals surface area contributed by atoms with Crippen LogP contribution >= 0.6 is 11.6 Å². The minimum absolute atomic E-state index is 0.00127. The molecule has 25 heavy (non-hydrogen) atoms. The second kappa shape index (κ2) is 6.82. The number of carbonyl (C=O) groups excluding carboxylic acids is 1. The number of nitrogens with zero attached hydrogens (tertiary/aromatic N) is 1. The third-order valence-corrected chi connectivity index (χ3v) is 4.77. The summed E-state index contributed by atoms with van der Waals surface area (Å²) in [7, 11) is 0. The molecular weight excluding hydrogens is 344 g/mol. The molecule has 1 aliphatic carbocycles. The van der Waals surface area contributed by atoms with Gasteiger partial charge in [-0.3, -0.25) is 14.9 Å². The molecule has 0 aliphatic heterocycles. The van der Waals surface area contributed by atoms with Crippen LogP contribution in [-0.4, -0.2) is 22.5 Å². The van der Waals surface area contributed by atoms with E-state index in [1.807, 2.05) is 30.3 Å². The predicted octanol–water partition coefficient (Wildman–Crippen LogP) is 3.28. The second-order valence-corrected chi connectivity index (χ2v) is 6.58. The van der Waals surface area contributed by atoms with Crippen LogP contribution in [0.5, 0.6) is 0 Å². The van der Waals surface area contributed by atoms with E-state index >= 15 is 0 Å². The van der Waals surface area contributed by atoms with Crippen LogP contribution in [0.4, 0.5) is 5.69 Å². The molecule has 1 unspecified atom stereocenters. The fraction of sp³-hybridized carbons (Fsp3) is 0.278. The molecule has 3 rings (SSSR count). The van der Waals surface area contributed by atoms with Crippen molar-refractivity contribution in [2.45, 2.75) is 18.4 Å². The number of amides is 1. The summed E-state index contributed by atoms with van der Waals surface area (Å²) in [5.41, 5.74) is -0.420. The molecule has 0 heterocycles. The topological polar surface area (TPSA) is 92.5 Å². The van der Waals surface area contributed by atoms with E-state index in [-0.39, 0.29) is 28.7 Å². The fourth-order valence-corrected chi connectivity index (χ4v) is 3.14. The van der Waals surface area contributed by atoms with Gasteiger partial charge in [0.25, 0.3) is 11.6 Å². The first-order valence-electron chi connectivity index (χ1n) is 7.92. The highest BCUT2D eigenvalue weighted by atomic mass is 35.5. The van der Waals surface area contributed by atoms with E-state index in [1.165, 1.54) is 12.1 Å². The van der Waals surface area contributed by atoms with Crippen molar-refractivity contribution in [3.05, 3.63) is 74.8 Å². The summed E-state index contributed by atoms with van der Waals surface area (Å²) < 4.78 is 0. The molecule has 1 amide bonds. The van der Waals surface area contributed by atoms with E-state index in [0.717, 1.165) is 24.5 Å². The number of hydrogen-bond acceptors (Lipinski definition) is 4. The van der Waals surface area contributed by atoms with Gasteiger partial charge in [-0.15, -0.1) is 0 Å². The standard InChI is InChI=1S/C18H17ClN2O4/c19-16-10-14(21(24)25)8-9-15(16)17(22)20-11-18(23,13-6-7-13)12-4-2-1-3-5-12/h1-5,8-10,13,23H,6-7,11H2,(H,20,22). The Bertz CT molecular complexity index is 808. The number of nitro benzene ring substituents is 1. The average molecular weight is 361 g/mol. The maximum atomic E-state index is 12.4. The first kappa shape index (κ1) is 17.4. The van der Waals surface area contributed by atoms with Crippen LogP contribution in [-0.2, 0) is 5.60 Å². The zero-order valence-corrected chi connectivity index (χ0v) is 14.1. The lowest BCUT2D eigenvalue weighted by molar-refractivity contribution is -0.384. The van der Waals surface area contributed by atoms with Gasteiger partial charge in [-0.2, -0.15) is 0 Å². The van der Waals surface area contributed by atoms with Gasteiger partial charge in [-0.05, 0) is 30.4 Å². The second-order valence-electron chi connectivity index (χ2n) is 6.17. The van der Waals surface area contributed by atoms with Crippen LogP contribution in [0.25, 0.3) is 0 Å². The summed E-state index contributed by atoms with van der Waals surface area (Å²) in [6.07, 6.45) is 1.80. The van der Waals surface area contributed by atoms with Crippen molar-refractivity contribution in [2.75, 3.05) is 6.54 Å². The molecule has 1 saturated carbocycles. The highest BCUT2D eigenvalue weighted by Crippen LogP contribution is 2.45. The third kappa shape index (κ3) is 3.65. The van der Waals surface area contributed by atoms with Crippen LogP contribution in [0.1, 0.15) is 28.8 Å². The van der Waals surface area contributed by atoms with Gasteiger partial charge >= 0.3 is 0 Å². The number of rotatable bonds is 6. The Kier molecular flexibility index (Phi) is 4.74. The van der Waals surface area contributed by atoms with Gasteiger partial charge in [-0.1, -0.05) is 41.9 Å². The number of hydrogen-bond donors (Lipinski definition) is 2. The van der Waals surface area contributed by atoms with Gasteiger partial charge in [0.1, 0.15) is 5.60 Å². The van der Waals surface area contributed by atoms with Crippen molar-refractivity contribution in [2.24, 2.45) is 5.92 Å². The third-order valence-electron chi connectivity index (χ3n) is 4.45. The van der Waals surface area contributed by atoms with Crippen LogP contribution in [0.15, 0.2) is 48.5 Å². The van der Waals surface area contributed by atoms with Crippen molar-refractivity contribution in [1.82, 2.24) is 5.32 Å². The predicted molar refractivity (Wildman–Crippen MR) is 93.5 cm³/mol. The SMILES string of the molecule is O=C(NCC(O)(c1ccccc1)C1CC1)c1ccc([N+](=O)[O-])cc1Cl. The minimum atomic E-state index is -1.13. The van der Waals surface area contributed by atoms with Crippen molar-refractivity contribution in [1.29, 1.82) is 0 Å². The summed E-state index contributed by atoms with van der Waals surface area (Å²) in [6, 6.07) is 12.9. The molecule has 1 aliphatic rings. The molecule has 7 heteroatoms. The first-order valence-corrected chi connectivity index (χ1v) is 8.29. The molecule has 0 bridgehead atoms. The van der Waals surface area contributed by atoms with E-state index in [9.17, 15) is 20.0 Å². The Hall–Kier alpha value is -2.44. The molecule has 1 fully saturated rings. The zero-order valence-electron chi connectivity index (χ0n) is 13.3. The lowest BCUT2D eigenvalue weighted by atomic mass is 9.88. The Morgan fingerprint density at radius 1 is 1.28 bits per heavy atom. The van der Waals surface area contributed by atoms with E-state index in [0.29, 0.717) is 0 Å². The Morgan fingerprint density at radius 3 is 2.52 bits per heavy atom. The summed E-state index contributed by atoms with van der Waals surface area (Å²) in [4.78, 5) is 22.6. The molecule has 2 aromatic carbocycles.